The van der Waals surface area contributed by atoms with Gasteiger partial charge in [0.15, 0.2) is 0 Å². The molecule has 1 aliphatic rings. The van der Waals surface area contributed by atoms with Gasteiger partial charge >= 0.3 is 0 Å². The van der Waals surface area contributed by atoms with Crippen LogP contribution in [-0.4, -0.2) is 41.5 Å². The van der Waals surface area contributed by atoms with E-state index in [2.05, 4.69) is 24.1 Å². The van der Waals surface area contributed by atoms with Crippen LogP contribution in [0.15, 0.2) is 24.5 Å². The third-order valence-corrected chi connectivity index (χ3v) is 3.48. The van der Waals surface area contributed by atoms with Crippen molar-refractivity contribution in [3.8, 4) is 0 Å². The molecule has 1 N–H and O–H groups in total. The maximum absolute atomic E-state index is 12.2. The van der Waals surface area contributed by atoms with Crippen molar-refractivity contribution in [3.05, 3.63) is 30.1 Å². The van der Waals surface area contributed by atoms with E-state index in [4.69, 9.17) is 0 Å². The second-order valence-electron chi connectivity index (χ2n) is 5.08. The zero-order valence-electron chi connectivity index (χ0n) is 11.1. The zero-order chi connectivity index (χ0) is 13.0. The van der Waals surface area contributed by atoms with E-state index in [0.717, 1.165) is 19.6 Å². The van der Waals surface area contributed by atoms with E-state index >= 15 is 0 Å². The van der Waals surface area contributed by atoms with Crippen molar-refractivity contribution >= 4 is 5.91 Å². The summed E-state index contributed by atoms with van der Waals surface area (Å²) in [5.74, 6) is 0.512. The van der Waals surface area contributed by atoms with Crippen LogP contribution >= 0.6 is 0 Å². The molecule has 1 saturated heterocycles. The molecule has 2 atom stereocenters. The average molecular weight is 247 g/mol. The molecule has 4 nitrogen and oxygen atoms in total. The molecular formula is C14H21N3O. The molecule has 18 heavy (non-hydrogen) atoms. The highest BCUT2D eigenvalue weighted by molar-refractivity contribution is 5.77. The Kier molecular flexibility index (Phi) is 4.31. The van der Waals surface area contributed by atoms with Crippen LogP contribution in [0.2, 0.25) is 0 Å². The lowest BCUT2D eigenvalue weighted by molar-refractivity contribution is -0.132. The van der Waals surface area contributed by atoms with Crippen LogP contribution in [-0.2, 0) is 4.79 Å². The summed E-state index contributed by atoms with van der Waals surface area (Å²) in [6, 6.07) is 4.37. The maximum atomic E-state index is 12.2. The first kappa shape index (κ1) is 13.0. The normalized spacial score (nSPS) is 21.7. The van der Waals surface area contributed by atoms with Crippen molar-refractivity contribution in [2.75, 3.05) is 19.6 Å². The van der Waals surface area contributed by atoms with Crippen LogP contribution in [0.5, 0.6) is 0 Å². The number of carbonyl (C=O) groups excluding carboxylic acids is 1. The molecule has 0 spiro atoms. The number of aromatic nitrogens is 1. The number of amides is 1. The molecule has 1 fully saturated rings. The third kappa shape index (κ3) is 3.29. The van der Waals surface area contributed by atoms with Crippen LogP contribution in [0.25, 0.3) is 0 Å². The Morgan fingerprint density at radius 3 is 2.94 bits per heavy atom. The van der Waals surface area contributed by atoms with E-state index in [1.165, 1.54) is 5.56 Å². The molecule has 1 amide bonds. The van der Waals surface area contributed by atoms with E-state index in [1.807, 2.05) is 17.0 Å². The van der Waals surface area contributed by atoms with Gasteiger partial charge in [-0.15, -0.1) is 0 Å². The second-order valence-corrected chi connectivity index (χ2v) is 5.08. The smallest absolute Gasteiger partial charge is 0.223 e. The summed E-state index contributed by atoms with van der Waals surface area (Å²) in [6.45, 7) is 6.76. The molecule has 0 unspecified atom stereocenters. The van der Waals surface area contributed by atoms with Crippen LogP contribution in [0.4, 0.5) is 0 Å². The predicted octanol–water partition coefficient (Wildman–Crippen LogP) is 1.40. The number of pyridine rings is 1. The summed E-state index contributed by atoms with van der Waals surface area (Å²) in [7, 11) is 0. The number of carbonyl (C=O) groups is 1. The lowest BCUT2D eigenvalue weighted by Gasteiger charge is -2.32. The molecule has 0 radical (unpaired) electrons. The largest absolute Gasteiger partial charge is 0.340 e. The molecule has 4 heteroatoms. The summed E-state index contributed by atoms with van der Waals surface area (Å²) >= 11 is 0. The molecule has 0 bridgehead atoms. The molecule has 2 rings (SSSR count). The quantitative estimate of drug-likeness (QED) is 0.878. The Labute approximate surface area is 108 Å². The van der Waals surface area contributed by atoms with E-state index in [9.17, 15) is 4.79 Å². The molecule has 0 aromatic carbocycles. The van der Waals surface area contributed by atoms with Gasteiger partial charge in [0.1, 0.15) is 0 Å². The monoisotopic (exact) mass is 247 g/mol. The standard InChI is InChI=1S/C14H21N3O/c1-11(13-3-5-15-6-4-13)9-14(18)17-8-7-16-12(2)10-17/h3-6,11-12,16H,7-10H2,1-2H3/t11-,12-/m1/s1. The van der Waals surface area contributed by atoms with Gasteiger partial charge in [-0.05, 0) is 30.5 Å². The van der Waals surface area contributed by atoms with Crippen molar-refractivity contribution in [3.63, 3.8) is 0 Å². The summed E-state index contributed by atoms with van der Waals surface area (Å²) in [5, 5.41) is 3.35. The van der Waals surface area contributed by atoms with Crippen molar-refractivity contribution < 1.29 is 4.79 Å². The molecule has 1 aliphatic heterocycles. The van der Waals surface area contributed by atoms with Crippen LogP contribution in [0.1, 0.15) is 31.7 Å². The van der Waals surface area contributed by atoms with E-state index in [0.29, 0.717) is 12.5 Å². The van der Waals surface area contributed by atoms with Gasteiger partial charge < -0.3 is 10.2 Å². The van der Waals surface area contributed by atoms with Gasteiger partial charge in [0.2, 0.25) is 5.91 Å². The molecule has 1 aromatic rings. The first-order chi connectivity index (χ1) is 8.66. The van der Waals surface area contributed by atoms with Crippen LogP contribution in [0.3, 0.4) is 0 Å². The number of nitrogens with zero attached hydrogens (tertiary/aromatic N) is 2. The summed E-state index contributed by atoms with van der Waals surface area (Å²) in [4.78, 5) is 18.2. The lowest BCUT2D eigenvalue weighted by atomic mass is 9.98. The fourth-order valence-electron chi connectivity index (χ4n) is 2.36. The van der Waals surface area contributed by atoms with Crippen molar-refractivity contribution in [2.45, 2.75) is 32.2 Å². The first-order valence-corrected chi connectivity index (χ1v) is 6.58. The lowest BCUT2D eigenvalue weighted by Crippen LogP contribution is -2.51. The van der Waals surface area contributed by atoms with Crippen molar-refractivity contribution in [1.29, 1.82) is 0 Å². The Morgan fingerprint density at radius 2 is 2.28 bits per heavy atom. The SMILES string of the molecule is C[C@@H]1CN(C(=O)C[C@@H](C)c2ccncc2)CCN1. The van der Waals surface area contributed by atoms with Crippen molar-refractivity contribution in [1.82, 2.24) is 15.2 Å². The number of hydrogen-bond acceptors (Lipinski definition) is 3. The van der Waals surface area contributed by atoms with Crippen LogP contribution in [0, 0.1) is 0 Å². The highest BCUT2D eigenvalue weighted by Crippen LogP contribution is 2.19. The second kappa shape index (κ2) is 5.96. The maximum Gasteiger partial charge on any atom is 0.223 e. The Balaban J connectivity index is 1.91. The first-order valence-electron chi connectivity index (χ1n) is 6.58. The van der Waals surface area contributed by atoms with Gasteiger partial charge in [-0.2, -0.15) is 0 Å². The predicted molar refractivity (Wildman–Crippen MR) is 71.3 cm³/mol. The fourth-order valence-corrected chi connectivity index (χ4v) is 2.36. The topological polar surface area (TPSA) is 45.2 Å². The molecule has 1 aromatic heterocycles. The molecule has 0 aliphatic carbocycles. The number of piperazine rings is 1. The van der Waals surface area contributed by atoms with Gasteiger partial charge in [-0.25, -0.2) is 0 Å². The number of rotatable bonds is 3. The van der Waals surface area contributed by atoms with Gasteiger partial charge in [0.25, 0.3) is 0 Å². The minimum Gasteiger partial charge on any atom is -0.340 e. The fraction of sp³-hybridized carbons (Fsp3) is 0.571. The van der Waals surface area contributed by atoms with E-state index < -0.39 is 0 Å². The van der Waals surface area contributed by atoms with Crippen LogP contribution < -0.4 is 5.32 Å². The highest BCUT2D eigenvalue weighted by atomic mass is 16.2. The Hall–Kier alpha value is -1.42. The summed E-state index contributed by atoms with van der Waals surface area (Å²) < 4.78 is 0. The third-order valence-electron chi connectivity index (χ3n) is 3.48. The Bertz CT molecular complexity index is 393. The van der Waals surface area contributed by atoms with E-state index in [-0.39, 0.29) is 11.8 Å². The van der Waals surface area contributed by atoms with Crippen molar-refractivity contribution in [2.24, 2.45) is 0 Å². The minimum absolute atomic E-state index is 0.255. The van der Waals surface area contributed by atoms with Gasteiger partial charge in [-0.3, -0.25) is 9.78 Å². The summed E-state index contributed by atoms with van der Waals surface area (Å²) in [6.07, 6.45) is 4.14. The van der Waals surface area contributed by atoms with Gasteiger partial charge in [0.05, 0.1) is 0 Å². The zero-order valence-corrected chi connectivity index (χ0v) is 11.1. The molecule has 2 heterocycles. The molecule has 0 saturated carbocycles. The molecular weight excluding hydrogens is 226 g/mol. The highest BCUT2D eigenvalue weighted by Gasteiger charge is 2.22. The Morgan fingerprint density at radius 1 is 1.56 bits per heavy atom. The summed E-state index contributed by atoms with van der Waals surface area (Å²) in [5.41, 5.74) is 1.18. The average Bonchev–Trinajstić information content (AvgIpc) is 2.39. The number of nitrogens with one attached hydrogen (secondary N) is 1. The number of hydrogen-bond donors (Lipinski definition) is 1. The molecule has 98 valence electrons. The van der Waals surface area contributed by atoms with Gasteiger partial charge in [-0.1, -0.05) is 6.92 Å². The van der Waals surface area contributed by atoms with Gasteiger partial charge in [0, 0.05) is 44.5 Å². The van der Waals surface area contributed by atoms with E-state index in [1.54, 1.807) is 12.4 Å². The minimum atomic E-state index is 0.255.